The van der Waals surface area contributed by atoms with Gasteiger partial charge in [-0.1, -0.05) is 37.3 Å². The molecule has 2 rings (SSSR count). The Bertz CT molecular complexity index is 464. The van der Waals surface area contributed by atoms with Crippen molar-refractivity contribution in [3.8, 4) is 0 Å². The predicted octanol–water partition coefficient (Wildman–Crippen LogP) is 2.96. The van der Waals surface area contributed by atoms with Crippen LogP contribution in [0.5, 0.6) is 0 Å². The highest BCUT2D eigenvalue weighted by atomic mass is 16.3. The summed E-state index contributed by atoms with van der Waals surface area (Å²) in [5, 5.41) is 14.4. The summed E-state index contributed by atoms with van der Waals surface area (Å²) in [6.45, 7) is 3.10. The van der Waals surface area contributed by atoms with Gasteiger partial charge in [0, 0.05) is 12.7 Å². The number of aliphatic hydroxyl groups excluding tert-OH is 1. The molecule has 0 fully saturated rings. The Hall–Kier alpha value is -1.61. The molecule has 0 saturated heterocycles. The molecule has 1 aromatic heterocycles. The third-order valence-corrected chi connectivity index (χ3v) is 3.03. The van der Waals surface area contributed by atoms with Gasteiger partial charge in [0.05, 0.1) is 12.3 Å². The quantitative estimate of drug-likeness (QED) is 0.848. The van der Waals surface area contributed by atoms with E-state index in [1.54, 1.807) is 0 Å². The number of benzene rings is 1. The van der Waals surface area contributed by atoms with Gasteiger partial charge in [-0.25, -0.2) is 0 Å². The van der Waals surface area contributed by atoms with Crippen molar-refractivity contribution in [2.75, 3.05) is 0 Å². The molecule has 3 heteroatoms. The highest BCUT2D eigenvalue weighted by molar-refractivity contribution is 5.17. The van der Waals surface area contributed by atoms with E-state index in [0.29, 0.717) is 0 Å². The van der Waals surface area contributed by atoms with Crippen molar-refractivity contribution in [2.45, 2.75) is 38.8 Å². The van der Waals surface area contributed by atoms with Gasteiger partial charge in [-0.15, -0.1) is 0 Å². The van der Waals surface area contributed by atoms with Crippen molar-refractivity contribution in [1.82, 2.24) is 9.78 Å². The lowest BCUT2D eigenvalue weighted by Crippen LogP contribution is -1.99. The van der Waals surface area contributed by atoms with Gasteiger partial charge in [-0.3, -0.25) is 4.68 Å². The molecule has 1 atom stereocenters. The highest BCUT2D eigenvalue weighted by Gasteiger charge is 2.07. The molecule has 0 spiro atoms. The first-order chi connectivity index (χ1) is 8.79. The van der Waals surface area contributed by atoms with Crippen LogP contribution < -0.4 is 0 Å². The molecule has 0 radical (unpaired) electrons. The molecule has 0 bridgehead atoms. The van der Waals surface area contributed by atoms with E-state index < -0.39 is 0 Å². The van der Waals surface area contributed by atoms with Crippen LogP contribution in [0, 0.1) is 0 Å². The lowest BCUT2D eigenvalue weighted by Gasteiger charge is -2.09. The number of aryl methyl sites for hydroxylation is 2. The van der Waals surface area contributed by atoms with E-state index in [-0.39, 0.29) is 6.10 Å². The van der Waals surface area contributed by atoms with E-state index in [2.05, 4.69) is 18.2 Å². The Morgan fingerprint density at radius 3 is 2.78 bits per heavy atom. The van der Waals surface area contributed by atoms with Crippen LogP contribution in [0.15, 0.2) is 42.7 Å². The van der Waals surface area contributed by atoms with Gasteiger partial charge in [-0.05, 0) is 30.4 Å². The second-order valence-corrected chi connectivity index (χ2v) is 4.58. The van der Waals surface area contributed by atoms with E-state index >= 15 is 0 Å². The van der Waals surface area contributed by atoms with Gasteiger partial charge in [0.2, 0.25) is 0 Å². The minimum atomic E-state index is -0.388. The Labute approximate surface area is 108 Å². The van der Waals surface area contributed by atoms with Crippen LogP contribution in [-0.4, -0.2) is 14.9 Å². The number of aromatic nitrogens is 2. The summed E-state index contributed by atoms with van der Waals surface area (Å²) in [5.74, 6) is 0. The van der Waals surface area contributed by atoms with Crippen LogP contribution in [0.4, 0.5) is 0 Å². The third kappa shape index (κ3) is 3.44. The summed E-state index contributed by atoms with van der Waals surface area (Å²) >= 11 is 0. The van der Waals surface area contributed by atoms with E-state index in [4.69, 9.17) is 0 Å². The van der Waals surface area contributed by atoms with E-state index in [1.165, 1.54) is 5.56 Å². The van der Waals surface area contributed by atoms with Crippen LogP contribution in [0.3, 0.4) is 0 Å². The Morgan fingerprint density at radius 2 is 2.06 bits per heavy atom. The second kappa shape index (κ2) is 6.36. The molecular weight excluding hydrogens is 224 g/mol. The van der Waals surface area contributed by atoms with Crippen LogP contribution >= 0.6 is 0 Å². The average Bonchev–Trinajstić information content (AvgIpc) is 2.85. The van der Waals surface area contributed by atoms with Crippen molar-refractivity contribution in [3.63, 3.8) is 0 Å². The zero-order valence-electron chi connectivity index (χ0n) is 10.8. The summed E-state index contributed by atoms with van der Waals surface area (Å²) in [6, 6.07) is 9.80. The number of nitrogens with zero attached hydrogens (tertiary/aromatic N) is 2. The molecule has 0 saturated carbocycles. The molecular formula is C15H20N2O. The molecule has 0 aliphatic carbocycles. The van der Waals surface area contributed by atoms with Crippen molar-refractivity contribution in [1.29, 1.82) is 0 Å². The Balaban J connectivity index is 1.87. The Morgan fingerprint density at radius 1 is 1.28 bits per heavy atom. The summed E-state index contributed by atoms with van der Waals surface area (Å²) in [5.41, 5.74) is 2.18. The van der Waals surface area contributed by atoms with Crippen LogP contribution in [-0.2, 0) is 13.0 Å². The zero-order chi connectivity index (χ0) is 12.8. The van der Waals surface area contributed by atoms with E-state index in [1.807, 2.05) is 41.2 Å². The van der Waals surface area contributed by atoms with Gasteiger partial charge in [0.25, 0.3) is 0 Å². The van der Waals surface area contributed by atoms with Crippen molar-refractivity contribution in [3.05, 3.63) is 53.9 Å². The molecule has 1 aromatic carbocycles. The minimum absolute atomic E-state index is 0.388. The minimum Gasteiger partial charge on any atom is -0.388 e. The standard InChI is InChI=1S/C15H20N2O/c1-2-10-17-12-13(11-16-17)8-9-15(18)14-6-4-3-5-7-14/h3-7,11-12,15,18H,2,8-10H2,1H3. The van der Waals surface area contributed by atoms with E-state index in [9.17, 15) is 5.11 Å². The lowest BCUT2D eigenvalue weighted by atomic mass is 10.0. The second-order valence-electron chi connectivity index (χ2n) is 4.58. The first kappa shape index (κ1) is 12.8. The number of rotatable bonds is 6. The Kier molecular flexibility index (Phi) is 4.53. The smallest absolute Gasteiger partial charge is 0.0793 e. The molecule has 0 amide bonds. The SMILES string of the molecule is CCCn1cc(CCC(O)c2ccccc2)cn1. The van der Waals surface area contributed by atoms with Crippen LogP contribution in [0.25, 0.3) is 0 Å². The van der Waals surface area contributed by atoms with Gasteiger partial charge >= 0.3 is 0 Å². The lowest BCUT2D eigenvalue weighted by molar-refractivity contribution is 0.168. The first-order valence-electron chi connectivity index (χ1n) is 6.54. The fraction of sp³-hybridized carbons (Fsp3) is 0.400. The largest absolute Gasteiger partial charge is 0.388 e. The first-order valence-corrected chi connectivity index (χ1v) is 6.54. The van der Waals surface area contributed by atoms with E-state index in [0.717, 1.165) is 31.4 Å². The summed E-state index contributed by atoms with van der Waals surface area (Å²) in [4.78, 5) is 0. The molecule has 18 heavy (non-hydrogen) atoms. The molecule has 96 valence electrons. The molecule has 1 unspecified atom stereocenters. The number of aliphatic hydroxyl groups is 1. The maximum absolute atomic E-state index is 10.1. The zero-order valence-corrected chi connectivity index (χ0v) is 10.8. The molecule has 1 heterocycles. The average molecular weight is 244 g/mol. The fourth-order valence-corrected chi connectivity index (χ4v) is 2.03. The van der Waals surface area contributed by atoms with Crippen molar-refractivity contribution in [2.24, 2.45) is 0 Å². The number of hydrogen-bond acceptors (Lipinski definition) is 2. The summed E-state index contributed by atoms with van der Waals surface area (Å²) in [6.07, 6.45) is 6.27. The van der Waals surface area contributed by atoms with Gasteiger partial charge in [-0.2, -0.15) is 5.10 Å². The maximum Gasteiger partial charge on any atom is 0.0793 e. The molecule has 3 nitrogen and oxygen atoms in total. The van der Waals surface area contributed by atoms with Crippen molar-refractivity contribution < 1.29 is 5.11 Å². The summed E-state index contributed by atoms with van der Waals surface area (Å²) < 4.78 is 1.96. The van der Waals surface area contributed by atoms with Crippen LogP contribution in [0.2, 0.25) is 0 Å². The van der Waals surface area contributed by atoms with Crippen molar-refractivity contribution >= 4 is 0 Å². The molecule has 1 N–H and O–H groups in total. The van der Waals surface area contributed by atoms with Gasteiger partial charge < -0.3 is 5.11 Å². The molecule has 0 aliphatic heterocycles. The number of hydrogen-bond donors (Lipinski definition) is 1. The van der Waals surface area contributed by atoms with Gasteiger partial charge in [0.15, 0.2) is 0 Å². The summed E-state index contributed by atoms with van der Waals surface area (Å²) in [7, 11) is 0. The molecule has 0 aliphatic rings. The van der Waals surface area contributed by atoms with Gasteiger partial charge in [0.1, 0.15) is 0 Å². The topological polar surface area (TPSA) is 38.0 Å². The monoisotopic (exact) mass is 244 g/mol. The van der Waals surface area contributed by atoms with Crippen LogP contribution in [0.1, 0.15) is 37.0 Å². The molecule has 2 aromatic rings. The predicted molar refractivity (Wildman–Crippen MR) is 72.2 cm³/mol. The normalized spacial score (nSPS) is 12.6. The highest BCUT2D eigenvalue weighted by Crippen LogP contribution is 2.18. The fourth-order valence-electron chi connectivity index (χ4n) is 2.03. The third-order valence-electron chi connectivity index (χ3n) is 3.03. The maximum atomic E-state index is 10.1.